The zero-order valence-corrected chi connectivity index (χ0v) is 20.8. The molecule has 4 bridgehead atoms. The smallest absolute Gasteiger partial charge is 0.411 e. The number of methoxy groups -OCH3 is 1. The number of esters is 1. The Hall–Kier alpha value is -2.68. The summed E-state index contributed by atoms with van der Waals surface area (Å²) in [5, 5.41) is 3.60. The maximum absolute atomic E-state index is 13.6. The van der Waals surface area contributed by atoms with Crippen LogP contribution in [0.3, 0.4) is 0 Å². The average molecular weight is 500 g/mol. The molecule has 3 atom stereocenters. The monoisotopic (exact) mass is 499 g/mol. The highest BCUT2D eigenvalue weighted by Gasteiger charge is 2.60. The number of ether oxygens (including phenoxy) is 2. The van der Waals surface area contributed by atoms with Gasteiger partial charge in [-0.15, -0.1) is 0 Å². The van der Waals surface area contributed by atoms with Crippen molar-refractivity contribution in [3.05, 3.63) is 35.1 Å². The van der Waals surface area contributed by atoms with Gasteiger partial charge in [0.1, 0.15) is 17.5 Å². The molecule has 8 nitrogen and oxygen atoms in total. The summed E-state index contributed by atoms with van der Waals surface area (Å²) < 4.78 is 24.7. The summed E-state index contributed by atoms with van der Waals surface area (Å²) in [6.45, 7) is 1.66. The van der Waals surface area contributed by atoms with E-state index < -0.39 is 23.7 Å². The van der Waals surface area contributed by atoms with Crippen LogP contribution < -0.4 is 5.32 Å². The first-order valence-corrected chi connectivity index (χ1v) is 13.1. The summed E-state index contributed by atoms with van der Waals surface area (Å²) >= 11 is 0. The lowest BCUT2D eigenvalue weighted by atomic mass is 9.51. The molecule has 0 spiro atoms. The van der Waals surface area contributed by atoms with Crippen LogP contribution in [0, 0.1) is 17.7 Å². The van der Waals surface area contributed by atoms with E-state index in [1.807, 2.05) is 0 Å². The van der Waals surface area contributed by atoms with Crippen molar-refractivity contribution in [1.82, 2.24) is 15.1 Å². The van der Waals surface area contributed by atoms with Crippen molar-refractivity contribution >= 4 is 18.0 Å². The molecular weight excluding hydrogens is 465 g/mol. The highest BCUT2D eigenvalue weighted by atomic mass is 19.1. The minimum absolute atomic E-state index is 0.00591. The quantitative estimate of drug-likeness (QED) is 0.627. The average Bonchev–Trinajstić information content (AvgIpc) is 3.48. The maximum atomic E-state index is 13.6. The highest BCUT2D eigenvalue weighted by Crippen LogP contribution is 2.59. The van der Waals surface area contributed by atoms with Gasteiger partial charge in [-0.05, 0) is 80.0 Å². The Morgan fingerprint density at radius 3 is 2.61 bits per heavy atom. The molecule has 2 unspecified atom stereocenters. The molecule has 2 heterocycles. The maximum Gasteiger partial charge on any atom is 0.411 e. The number of fused-ring (bicyclic) bond motifs is 1. The number of benzene rings is 1. The van der Waals surface area contributed by atoms with Crippen molar-refractivity contribution in [3.8, 4) is 0 Å². The number of carbonyl (C=O) groups is 3. The number of halogens is 1. The molecule has 1 aromatic rings. The predicted molar refractivity (Wildman–Crippen MR) is 127 cm³/mol. The lowest BCUT2D eigenvalue weighted by Gasteiger charge is -2.61. The van der Waals surface area contributed by atoms with Gasteiger partial charge in [0, 0.05) is 31.6 Å². The van der Waals surface area contributed by atoms with Crippen LogP contribution in [0.25, 0.3) is 0 Å². The minimum atomic E-state index is -0.570. The fraction of sp³-hybridized carbons (Fsp3) is 0.667. The molecule has 6 aliphatic rings. The van der Waals surface area contributed by atoms with Gasteiger partial charge in [0.15, 0.2) is 0 Å². The molecule has 4 saturated carbocycles. The molecule has 0 aromatic heterocycles. The van der Waals surface area contributed by atoms with Crippen molar-refractivity contribution in [2.45, 2.75) is 81.6 Å². The molecule has 7 rings (SSSR count). The first-order valence-electron chi connectivity index (χ1n) is 13.1. The van der Waals surface area contributed by atoms with Gasteiger partial charge < -0.3 is 19.7 Å². The van der Waals surface area contributed by atoms with Gasteiger partial charge in [-0.25, -0.2) is 14.0 Å². The van der Waals surface area contributed by atoms with Crippen LogP contribution in [0.4, 0.5) is 9.18 Å². The lowest BCUT2D eigenvalue weighted by molar-refractivity contribution is -0.157. The van der Waals surface area contributed by atoms with Crippen LogP contribution in [0.1, 0.15) is 62.5 Å². The fourth-order valence-corrected chi connectivity index (χ4v) is 8.03. The molecule has 2 aliphatic heterocycles. The third-order valence-corrected chi connectivity index (χ3v) is 9.13. The van der Waals surface area contributed by atoms with Gasteiger partial charge in [0.25, 0.3) is 0 Å². The summed E-state index contributed by atoms with van der Waals surface area (Å²) in [5.74, 6) is 0.248. The highest BCUT2D eigenvalue weighted by molar-refractivity contribution is 5.82. The zero-order valence-electron chi connectivity index (χ0n) is 20.8. The molecule has 1 N–H and O–H groups in total. The molecule has 36 heavy (non-hydrogen) atoms. The number of rotatable bonds is 5. The molecular formula is C27H34FN3O5. The largest absolute Gasteiger partial charge is 0.467 e. The molecule has 0 radical (unpaired) electrons. The second kappa shape index (κ2) is 8.71. The molecule has 4 aliphatic carbocycles. The van der Waals surface area contributed by atoms with E-state index in [-0.39, 0.29) is 23.8 Å². The van der Waals surface area contributed by atoms with E-state index in [9.17, 15) is 18.8 Å². The second-order valence-electron chi connectivity index (χ2n) is 11.7. The van der Waals surface area contributed by atoms with Crippen LogP contribution in [0.2, 0.25) is 0 Å². The Labute approximate surface area is 210 Å². The fourth-order valence-electron chi connectivity index (χ4n) is 8.03. The van der Waals surface area contributed by atoms with Gasteiger partial charge in [0.05, 0.1) is 13.7 Å². The minimum Gasteiger partial charge on any atom is -0.467 e. The Balaban J connectivity index is 1.12. The Kier molecular flexibility index (Phi) is 5.74. The molecule has 2 amide bonds. The number of likely N-dealkylation sites (tertiary alicyclic amines) is 1. The van der Waals surface area contributed by atoms with E-state index in [4.69, 9.17) is 9.47 Å². The van der Waals surface area contributed by atoms with Crippen molar-refractivity contribution < 1.29 is 28.2 Å². The summed E-state index contributed by atoms with van der Waals surface area (Å²) in [4.78, 5) is 41.8. The normalized spacial score (nSPS) is 34.1. The summed E-state index contributed by atoms with van der Waals surface area (Å²) in [7, 11) is 1.35. The van der Waals surface area contributed by atoms with Crippen molar-refractivity contribution in [1.29, 1.82) is 0 Å². The van der Waals surface area contributed by atoms with Gasteiger partial charge in [-0.1, -0.05) is 6.07 Å². The summed E-state index contributed by atoms with van der Waals surface area (Å²) in [6.07, 6.45) is 6.41. The predicted octanol–water partition coefficient (Wildman–Crippen LogP) is 3.12. The first kappa shape index (κ1) is 23.7. The number of nitrogens with one attached hydrogen (secondary N) is 1. The SMILES string of the molecule is COC(=O)[C@@H]1CCCN1C(=O)OC12CC3CC(CC(NCC(=O)N4Cc5ccc(F)cc5C4)(C3)C1)C2. The van der Waals surface area contributed by atoms with Crippen LogP contribution >= 0.6 is 0 Å². The van der Waals surface area contributed by atoms with Crippen LogP contribution in [-0.4, -0.2) is 65.2 Å². The van der Waals surface area contributed by atoms with Crippen LogP contribution in [0.15, 0.2) is 18.2 Å². The van der Waals surface area contributed by atoms with E-state index in [2.05, 4.69) is 5.32 Å². The Bertz CT molecular complexity index is 1080. The van der Waals surface area contributed by atoms with E-state index in [1.54, 1.807) is 11.0 Å². The van der Waals surface area contributed by atoms with Crippen LogP contribution in [-0.2, 0) is 32.2 Å². The van der Waals surface area contributed by atoms with E-state index >= 15 is 0 Å². The van der Waals surface area contributed by atoms with Crippen molar-refractivity contribution in [3.63, 3.8) is 0 Å². The number of amides is 2. The molecule has 1 saturated heterocycles. The zero-order chi connectivity index (χ0) is 25.1. The number of carbonyl (C=O) groups excluding carboxylic acids is 3. The number of hydrogen-bond donors (Lipinski definition) is 1. The third kappa shape index (κ3) is 4.15. The van der Waals surface area contributed by atoms with Gasteiger partial charge in [-0.2, -0.15) is 0 Å². The van der Waals surface area contributed by atoms with Gasteiger partial charge >= 0.3 is 12.1 Å². The second-order valence-corrected chi connectivity index (χ2v) is 11.7. The molecule has 1 aromatic carbocycles. The van der Waals surface area contributed by atoms with Gasteiger partial charge in [0.2, 0.25) is 5.91 Å². The standard InChI is InChI=1S/C27H34FN3O5/c1-35-24(33)22-3-2-6-31(22)25(34)36-27-11-17-7-18(12-27)10-26(9-17,16-27)29-13-23(32)30-14-19-4-5-21(28)8-20(19)15-30/h4-5,8,17-18,22,29H,2-3,6-7,9-16H2,1H3/t17?,18?,22-,26?,27?/m0/s1. The first-order chi connectivity index (χ1) is 17.3. The van der Waals surface area contributed by atoms with Crippen molar-refractivity contribution in [2.24, 2.45) is 11.8 Å². The summed E-state index contributed by atoms with van der Waals surface area (Å²) in [6, 6.07) is 4.14. The molecule has 9 heteroatoms. The van der Waals surface area contributed by atoms with Crippen LogP contribution in [0.5, 0.6) is 0 Å². The molecule has 194 valence electrons. The summed E-state index contributed by atoms with van der Waals surface area (Å²) in [5.41, 5.74) is 1.08. The Morgan fingerprint density at radius 1 is 1.11 bits per heavy atom. The van der Waals surface area contributed by atoms with E-state index in [1.165, 1.54) is 24.1 Å². The van der Waals surface area contributed by atoms with Gasteiger partial charge in [-0.3, -0.25) is 9.69 Å². The lowest BCUT2D eigenvalue weighted by Crippen LogP contribution is -2.66. The van der Waals surface area contributed by atoms with E-state index in [0.717, 1.165) is 49.7 Å². The van der Waals surface area contributed by atoms with Crippen molar-refractivity contribution in [2.75, 3.05) is 20.2 Å². The van der Waals surface area contributed by atoms with E-state index in [0.29, 0.717) is 44.3 Å². The topological polar surface area (TPSA) is 88.2 Å². The Morgan fingerprint density at radius 2 is 1.86 bits per heavy atom. The number of nitrogens with zero attached hydrogens (tertiary/aromatic N) is 2. The third-order valence-electron chi connectivity index (χ3n) is 9.13. The number of hydrogen-bond acceptors (Lipinski definition) is 6. The molecule has 5 fully saturated rings.